The van der Waals surface area contributed by atoms with E-state index in [0.717, 1.165) is 28.9 Å². The molecule has 0 unspecified atom stereocenters. The maximum atomic E-state index is 6.24. The fourth-order valence-electron chi connectivity index (χ4n) is 2.98. The Morgan fingerprint density at radius 1 is 1.00 bits per heavy atom. The third-order valence-electron chi connectivity index (χ3n) is 4.49. The number of hydrogen-bond donors (Lipinski definition) is 1. The lowest BCUT2D eigenvalue weighted by molar-refractivity contribution is 0.267. The van der Waals surface area contributed by atoms with Crippen LogP contribution in [0.4, 0.5) is 0 Å². The molecular weight excluding hydrogens is 473 g/mol. The first-order valence-corrected chi connectivity index (χ1v) is 11.3. The van der Waals surface area contributed by atoms with Gasteiger partial charge in [-0.3, -0.25) is 0 Å². The lowest BCUT2D eigenvalue weighted by Gasteiger charge is -2.16. The van der Waals surface area contributed by atoms with Crippen molar-refractivity contribution in [3.8, 4) is 11.5 Å². The SMILES string of the molecule is CCCCCCCNCc1cc(Br)c(OCc2ccccc2Cl)c(OCC)c1.Cl. The van der Waals surface area contributed by atoms with Crippen molar-refractivity contribution in [2.24, 2.45) is 0 Å². The van der Waals surface area contributed by atoms with Crippen LogP contribution in [0.2, 0.25) is 5.02 Å². The second-order valence-corrected chi connectivity index (χ2v) is 8.07. The van der Waals surface area contributed by atoms with Crippen LogP contribution in [0.1, 0.15) is 57.1 Å². The van der Waals surface area contributed by atoms with Crippen LogP contribution in [-0.4, -0.2) is 13.2 Å². The molecule has 0 radical (unpaired) electrons. The molecule has 0 bridgehead atoms. The van der Waals surface area contributed by atoms with E-state index in [2.05, 4.69) is 40.3 Å². The van der Waals surface area contributed by atoms with Gasteiger partial charge in [0.05, 0.1) is 11.1 Å². The molecule has 162 valence electrons. The zero-order valence-corrected chi connectivity index (χ0v) is 20.5. The first kappa shape index (κ1) is 26.1. The van der Waals surface area contributed by atoms with Gasteiger partial charge in [-0.2, -0.15) is 0 Å². The molecule has 0 aliphatic rings. The summed E-state index contributed by atoms with van der Waals surface area (Å²) in [4.78, 5) is 0. The Labute approximate surface area is 195 Å². The summed E-state index contributed by atoms with van der Waals surface area (Å²) in [5, 5.41) is 4.23. The number of benzene rings is 2. The van der Waals surface area contributed by atoms with Crippen LogP contribution in [0.25, 0.3) is 0 Å². The molecular formula is C23H32BrCl2NO2. The molecule has 1 N–H and O–H groups in total. The Morgan fingerprint density at radius 3 is 2.48 bits per heavy atom. The van der Waals surface area contributed by atoms with Crippen molar-refractivity contribution in [1.29, 1.82) is 0 Å². The third kappa shape index (κ3) is 9.17. The van der Waals surface area contributed by atoms with Crippen LogP contribution < -0.4 is 14.8 Å². The molecule has 0 heterocycles. The monoisotopic (exact) mass is 503 g/mol. The van der Waals surface area contributed by atoms with Crippen LogP contribution in [0.5, 0.6) is 11.5 Å². The van der Waals surface area contributed by atoms with Gasteiger partial charge in [0.1, 0.15) is 6.61 Å². The van der Waals surface area contributed by atoms with Crippen LogP contribution in [0, 0.1) is 0 Å². The summed E-state index contributed by atoms with van der Waals surface area (Å²) in [6.45, 7) is 7.06. The fraction of sp³-hybridized carbons (Fsp3) is 0.478. The van der Waals surface area contributed by atoms with E-state index in [9.17, 15) is 0 Å². The fourth-order valence-corrected chi connectivity index (χ4v) is 3.77. The zero-order valence-electron chi connectivity index (χ0n) is 17.3. The maximum absolute atomic E-state index is 6.24. The number of nitrogens with one attached hydrogen (secondary N) is 1. The van der Waals surface area contributed by atoms with E-state index >= 15 is 0 Å². The standard InChI is InChI=1S/C23H31BrClNO2.ClH/c1-3-5-6-7-10-13-26-16-18-14-20(24)23(22(15-18)27-4-2)28-17-19-11-8-9-12-21(19)25;/h8-9,11-12,14-15,26H,3-7,10,13,16-17H2,1-2H3;1H. The molecule has 2 aromatic carbocycles. The maximum Gasteiger partial charge on any atom is 0.175 e. The molecule has 0 aliphatic heterocycles. The average Bonchev–Trinajstić information content (AvgIpc) is 2.68. The lowest BCUT2D eigenvalue weighted by atomic mass is 10.1. The predicted molar refractivity (Wildman–Crippen MR) is 129 cm³/mol. The van der Waals surface area contributed by atoms with Crippen molar-refractivity contribution in [2.45, 2.75) is 59.1 Å². The molecule has 0 atom stereocenters. The van der Waals surface area contributed by atoms with Gasteiger partial charge in [-0.15, -0.1) is 12.4 Å². The summed E-state index contributed by atoms with van der Waals surface area (Å²) in [5.74, 6) is 1.47. The van der Waals surface area contributed by atoms with Crippen molar-refractivity contribution in [3.63, 3.8) is 0 Å². The third-order valence-corrected chi connectivity index (χ3v) is 5.44. The molecule has 6 heteroatoms. The van der Waals surface area contributed by atoms with E-state index in [1.54, 1.807) is 0 Å². The molecule has 0 saturated carbocycles. The van der Waals surface area contributed by atoms with Crippen molar-refractivity contribution in [2.75, 3.05) is 13.2 Å². The smallest absolute Gasteiger partial charge is 0.175 e. The van der Waals surface area contributed by atoms with Crippen molar-refractivity contribution in [3.05, 3.63) is 57.0 Å². The van der Waals surface area contributed by atoms with Crippen molar-refractivity contribution >= 4 is 39.9 Å². The highest BCUT2D eigenvalue weighted by atomic mass is 79.9. The summed E-state index contributed by atoms with van der Waals surface area (Å²) in [7, 11) is 0. The van der Waals surface area contributed by atoms with Crippen LogP contribution >= 0.6 is 39.9 Å². The number of hydrogen-bond acceptors (Lipinski definition) is 3. The molecule has 0 saturated heterocycles. The average molecular weight is 505 g/mol. The highest BCUT2D eigenvalue weighted by molar-refractivity contribution is 9.10. The van der Waals surface area contributed by atoms with Crippen LogP contribution in [-0.2, 0) is 13.2 Å². The van der Waals surface area contributed by atoms with Gasteiger partial charge in [0.25, 0.3) is 0 Å². The lowest BCUT2D eigenvalue weighted by Crippen LogP contribution is -2.15. The normalized spacial score (nSPS) is 10.5. The second kappa shape index (κ2) is 15.0. The van der Waals surface area contributed by atoms with Gasteiger partial charge in [0.2, 0.25) is 0 Å². The Bertz CT molecular complexity index is 728. The topological polar surface area (TPSA) is 30.5 Å². The summed E-state index contributed by atoms with van der Waals surface area (Å²) >= 11 is 9.88. The van der Waals surface area contributed by atoms with E-state index in [1.165, 1.54) is 37.7 Å². The second-order valence-electron chi connectivity index (χ2n) is 6.81. The number of rotatable bonds is 13. The molecule has 3 nitrogen and oxygen atoms in total. The van der Waals surface area contributed by atoms with Crippen molar-refractivity contribution < 1.29 is 9.47 Å². The summed E-state index contributed by atoms with van der Waals surface area (Å²) < 4.78 is 12.8. The van der Waals surface area contributed by atoms with Gasteiger partial charge >= 0.3 is 0 Å². The summed E-state index contributed by atoms with van der Waals surface area (Å²) in [6.07, 6.45) is 6.46. The largest absolute Gasteiger partial charge is 0.490 e. The Kier molecular flexibility index (Phi) is 13.5. The number of ether oxygens (including phenoxy) is 2. The molecule has 0 amide bonds. The Morgan fingerprint density at radius 2 is 1.76 bits per heavy atom. The number of halogens is 3. The minimum absolute atomic E-state index is 0. The Balaban J connectivity index is 0.00000420. The first-order chi connectivity index (χ1) is 13.7. The Hall–Kier alpha value is -0.940. The van der Waals surface area contributed by atoms with Gasteiger partial charge in [-0.1, -0.05) is 62.4 Å². The van der Waals surface area contributed by atoms with E-state index in [0.29, 0.717) is 24.0 Å². The van der Waals surface area contributed by atoms with E-state index < -0.39 is 0 Å². The van der Waals surface area contributed by atoms with Gasteiger partial charge in [-0.25, -0.2) is 0 Å². The predicted octanol–water partition coefficient (Wildman–Crippen LogP) is 7.56. The minimum Gasteiger partial charge on any atom is -0.490 e. The molecule has 0 fully saturated rings. The van der Waals surface area contributed by atoms with Crippen molar-refractivity contribution in [1.82, 2.24) is 5.32 Å². The molecule has 2 rings (SSSR count). The van der Waals surface area contributed by atoms with E-state index in [1.807, 2.05) is 31.2 Å². The first-order valence-electron chi connectivity index (χ1n) is 10.2. The van der Waals surface area contributed by atoms with E-state index in [4.69, 9.17) is 21.1 Å². The molecule has 29 heavy (non-hydrogen) atoms. The highest BCUT2D eigenvalue weighted by Gasteiger charge is 2.13. The summed E-state index contributed by atoms with van der Waals surface area (Å²) in [6, 6.07) is 11.9. The molecule has 0 aromatic heterocycles. The highest BCUT2D eigenvalue weighted by Crippen LogP contribution is 2.37. The molecule has 2 aromatic rings. The van der Waals surface area contributed by atoms with Gasteiger partial charge < -0.3 is 14.8 Å². The molecule has 0 spiro atoms. The van der Waals surface area contributed by atoms with Crippen LogP contribution in [0.15, 0.2) is 40.9 Å². The van der Waals surface area contributed by atoms with Crippen LogP contribution in [0.3, 0.4) is 0 Å². The van der Waals surface area contributed by atoms with E-state index in [-0.39, 0.29) is 12.4 Å². The van der Waals surface area contributed by atoms with Gasteiger partial charge in [0, 0.05) is 17.1 Å². The molecule has 0 aliphatic carbocycles. The van der Waals surface area contributed by atoms with Gasteiger partial charge in [0.15, 0.2) is 11.5 Å². The van der Waals surface area contributed by atoms with Gasteiger partial charge in [-0.05, 0) is 59.6 Å². The zero-order chi connectivity index (χ0) is 20.2. The summed E-state index contributed by atoms with van der Waals surface area (Å²) in [5.41, 5.74) is 2.13. The number of unbranched alkanes of at least 4 members (excludes halogenated alkanes) is 4. The minimum atomic E-state index is 0. The quantitative estimate of drug-likeness (QED) is 0.285.